The van der Waals surface area contributed by atoms with Crippen molar-refractivity contribution in [1.29, 1.82) is 0 Å². The number of methoxy groups -OCH3 is 1. The van der Waals surface area contributed by atoms with Crippen molar-refractivity contribution in [2.24, 2.45) is 0 Å². The van der Waals surface area contributed by atoms with Gasteiger partial charge in [-0.05, 0) is 50.8 Å². The van der Waals surface area contributed by atoms with Crippen LogP contribution in [0.3, 0.4) is 0 Å². The molecular formula is C19H28N4O3. The number of hydrogen-bond donors (Lipinski definition) is 1. The second-order valence-electron chi connectivity index (χ2n) is 6.97. The van der Waals surface area contributed by atoms with Crippen molar-refractivity contribution >= 4 is 17.5 Å². The molecular weight excluding hydrogens is 332 g/mol. The Morgan fingerprint density at radius 2 is 1.81 bits per heavy atom. The fourth-order valence-corrected chi connectivity index (χ4v) is 3.44. The SMILES string of the molecule is COc1ccc(N2C(=O)CC(NCCCN3CCN(C)CC3)C2=O)cc1. The van der Waals surface area contributed by atoms with Gasteiger partial charge >= 0.3 is 0 Å². The zero-order valence-electron chi connectivity index (χ0n) is 15.6. The topological polar surface area (TPSA) is 65.1 Å². The van der Waals surface area contributed by atoms with E-state index in [1.165, 1.54) is 4.90 Å². The van der Waals surface area contributed by atoms with E-state index >= 15 is 0 Å². The summed E-state index contributed by atoms with van der Waals surface area (Å²) in [5.41, 5.74) is 0.600. The summed E-state index contributed by atoms with van der Waals surface area (Å²) in [4.78, 5) is 30.9. The lowest BCUT2D eigenvalue weighted by atomic mass is 10.2. The maximum atomic E-state index is 12.6. The highest BCUT2D eigenvalue weighted by Gasteiger charge is 2.39. The van der Waals surface area contributed by atoms with Gasteiger partial charge in [0.1, 0.15) is 5.75 Å². The van der Waals surface area contributed by atoms with Crippen molar-refractivity contribution < 1.29 is 14.3 Å². The standard InChI is InChI=1S/C19H28N4O3/c1-21-10-12-22(13-11-21)9-3-8-20-17-14-18(24)23(19(17)25)15-4-6-16(26-2)7-5-15/h4-7,17,20H,3,8-14H2,1-2H3. The molecule has 142 valence electrons. The Bertz CT molecular complexity index is 626. The number of anilines is 1. The minimum atomic E-state index is -0.419. The predicted octanol–water partition coefficient (Wildman–Crippen LogP) is 0.554. The molecule has 2 amide bonds. The first-order valence-electron chi connectivity index (χ1n) is 9.23. The number of rotatable bonds is 7. The van der Waals surface area contributed by atoms with E-state index in [4.69, 9.17) is 4.74 Å². The van der Waals surface area contributed by atoms with Gasteiger partial charge in [0, 0.05) is 26.2 Å². The van der Waals surface area contributed by atoms with E-state index in [1.807, 2.05) is 0 Å². The van der Waals surface area contributed by atoms with Crippen LogP contribution in [0.25, 0.3) is 0 Å². The minimum Gasteiger partial charge on any atom is -0.497 e. The Morgan fingerprint density at radius 3 is 2.46 bits per heavy atom. The summed E-state index contributed by atoms with van der Waals surface area (Å²) in [7, 11) is 3.74. The first kappa shape index (κ1) is 18.8. The molecule has 0 spiro atoms. The average Bonchev–Trinajstić information content (AvgIpc) is 2.94. The van der Waals surface area contributed by atoms with Crippen LogP contribution in [0.15, 0.2) is 24.3 Å². The molecule has 0 bridgehead atoms. The molecule has 0 radical (unpaired) electrons. The Labute approximate surface area is 154 Å². The van der Waals surface area contributed by atoms with Gasteiger partial charge in [-0.25, -0.2) is 4.90 Å². The number of hydrogen-bond acceptors (Lipinski definition) is 6. The van der Waals surface area contributed by atoms with Gasteiger partial charge in [-0.1, -0.05) is 0 Å². The number of nitrogens with one attached hydrogen (secondary N) is 1. The highest BCUT2D eigenvalue weighted by molar-refractivity contribution is 6.22. The first-order valence-corrected chi connectivity index (χ1v) is 9.23. The molecule has 1 unspecified atom stereocenters. The monoisotopic (exact) mass is 360 g/mol. The molecule has 7 heteroatoms. The summed E-state index contributed by atoms with van der Waals surface area (Å²) in [6, 6.07) is 6.57. The number of likely N-dealkylation sites (N-methyl/N-ethyl adjacent to an activating group) is 1. The number of nitrogens with zero attached hydrogens (tertiary/aromatic N) is 3. The van der Waals surface area contributed by atoms with Crippen LogP contribution >= 0.6 is 0 Å². The summed E-state index contributed by atoms with van der Waals surface area (Å²) in [5.74, 6) is 0.378. The quantitative estimate of drug-likeness (QED) is 0.566. The molecule has 2 fully saturated rings. The lowest BCUT2D eigenvalue weighted by Crippen LogP contribution is -2.45. The Kier molecular flexibility index (Phi) is 6.24. The van der Waals surface area contributed by atoms with Crippen molar-refractivity contribution in [1.82, 2.24) is 15.1 Å². The van der Waals surface area contributed by atoms with E-state index in [-0.39, 0.29) is 18.2 Å². The molecule has 2 aliphatic rings. The van der Waals surface area contributed by atoms with Crippen molar-refractivity contribution in [3.63, 3.8) is 0 Å². The minimum absolute atomic E-state index is 0.156. The highest BCUT2D eigenvalue weighted by atomic mass is 16.5. The van der Waals surface area contributed by atoms with E-state index in [1.54, 1.807) is 31.4 Å². The molecule has 26 heavy (non-hydrogen) atoms. The molecule has 2 aliphatic heterocycles. The van der Waals surface area contributed by atoms with E-state index in [2.05, 4.69) is 22.2 Å². The number of amides is 2. The maximum Gasteiger partial charge on any atom is 0.251 e. The van der Waals surface area contributed by atoms with Crippen LogP contribution in [0.2, 0.25) is 0 Å². The lowest BCUT2D eigenvalue weighted by molar-refractivity contribution is -0.121. The van der Waals surface area contributed by atoms with E-state index < -0.39 is 6.04 Å². The van der Waals surface area contributed by atoms with Gasteiger partial charge in [0.15, 0.2) is 0 Å². The molecule has 0 aliphatic carbocycles. The van der Waals surface area contributed by atoms with Crippen LogP contribution < -0.4 is 15.0 Å². The maximum absolute atomic E-state index is 12.6. The summed E-state index contributed by atoms with van der Waals surface area (Å²) < 4.78 is 5.12. The number of carbonyl (C=O) groups excluding carboxylic acids is 2. The largest absolute Gasteiger partial charge is 0.497 e. The third-order valence-corrected chi connectivity index (χ3v) is 5.12. The summed E-state index contributed by atoms with van der Waals surface area (Å²) in [5, 5.41) is 3.26. The van der Waals surface area contributed by atoms with E-state index in [0.29, 0.717) is 11.4 Å². The predicted molar refractivity (Wildman–Crippen MR) is 100 cm³/mol. The molecule has 7 nitrogen and oxygen atoms in total. The van der Waals surface area contributed by atoms with Crippen LogP contribution in [0.4, 0.5) is 5.69 Å². The summed E-state index contributed by atoms with van der Waals surface area (Å²) in [6.07, 6.45) is 1.20. The number of imide groups is 1. The Hall–Kier alpha value is -1.96. The fraction of sp³-hybridized carbons (Fsp3) is 0.579. The van der Waals surface area contributed by atoms with Crippen LogP contribution in [-0.4, -0.2) is 81.1 Å². The zero-order chi connectivity index (χ0) is 18.5. The van der Waals surface area contributed by atoms with Gasteiger partial charge < -0.3 is 19.9 Å². The average molecular weight is 360 g/mol. The molecule has 2 saturated heterocycles. The number of carbonyl (C=O) groups is 2. The van der Waals surface area contributed by atoms with Crippen LogP contribution in [-0.2, 0) is 9.59 Å². The van der Waals surface area contributed by atoms with Gasteiger partial charge in [-0.2, -0.15) is 0 Å². The molecule has 2 heterocycles. The molecule has 0 saturated carbocycles. The smallest absolute Gasteiger partial charge is 0.251 e. The molecule has 1 aromatic carbocycles. The molecule has 3 rings (SSSR count). The first-order chi connectivity index (χ1) is 12.6. The fourth-order valence-electron chi connectivity index (χ4n) is 3.44. The van der Waals surface area contributed by atoms with Crippen molar-refractivity contribution in [3.8, 4) is 5.75 Å². The van der Waals surface area contributed by atoms with Crippen LogP contribution in [0.5, 0.6) is 5.75 Å². The zero-order valence-corrected chi connectivity index (χ0v) is 15.6. The second-order valence-corrected chi connectivity index (χ2v) is 6.97. The third kappa shape index (κ3) is 4.41. The van der Waals surface area contributed by atoms with Gasteiger partial charge in [-0.3, -0.25) is 9.59 Å². The van der Waals surface area contributed by atoms with Gasteiger partial charge in [0.25, 0.3) is 5.91 Å². The second kappa shape index (κ2) is 8.62. The highest BCUT2D eigenvalue weighted by Crippen LogP contribution is 2.25. The summed E-state index contributed by atoms with van der Waals surface area (Å²) >= 11 is 0. The van der Waals surface area contributed by atoms with Gasteiger partial charge in [0.2, 0.25) is 5.91 Å². The van der Waals surface area contributed by atoms with Crippen molar-refractivity contribution in [2.75, 3.05) is 58.3 Å². The molecule has 1 N–H and O–H groups in total. The number of ether oxygens (including phenoxy) is 1. The van der Waals surface area contributed by atoms with Gasteiger partial charge in [0.05, 0.1) is 25.3 Å². The molecule has 0 aromatic heterocycles. The van der Waals surface area contributed by atoms with E-state index in [0.717, 1.165) is 45.7 Å². The molecule has 1 atom stereocenters. The lowest BCUT2D eigenvalue weighted by Gasteiger charge is -2.32. The third-order valence-electron chi connectivity index (χ3n) is 5.12. The van der Waals surface area contributed by atoms with Crippen LogP contribution in [0, 0.1) is 0 Å². The Balaban J connectivity index is 1.46. The van der Waals surface area contributed by atoms with Crippen molar-refractivity contribution in [3.05, 3.63) is 24.3 Å². The summed E-state index contributed by atoms with van der Waals surface area (Å²) in [6.45, 7) is 6.19. The molecule has 1 aromatic rings. The number of piperazine rings is 1. The van der Waals surface area contributed by atoms with Gasteiger partial charge in [-0.15, -0.1) is 0 Å². The van der Waals surface area contributed by atoms with Crippen LogP contribution in [0.1, 0.15) is 12.8 Å². The number of benzene rings is 1. The Morgan fingerprint density at radius 1 is 1.12 bits per heavy atom. The van der Waals surface area contributed by atoms with E-state index in [9.17, 15) is 9.59 Å². The van der Waals surface area contributed by atoms with Crippen molar-refractivity contribution in [2.45, 2.75) is 18.9 Å². The normalized spacial score (nSPS) is 22.2.